The van der Waals surface area contributed by atoms with Crippen molar-refractivity contribution < 1.29 is 9.59 Å². The number of amides is 3. The zero-order valence-electron chi connectivity index (χ0n) is 13.6. The van der Waals surface area contributed by atoms with E-state index in [0.717, 1.165) is 11.1 Å². The Balaban J connectivity index is 1.95. The first-order chi connectivity index (χ1) is 11.0. The SMILES string of the molecule is CC(=O)Nc1ccc(NC(=O)N(C)Cc2ccccc2C)cc1. The van der Waals surface area contributed by atoms with Crippen LogP contribution in [-0.4, -0.2) is 23.9 Å². The van der Waals surface area contributed by atoms with E-state index in [1.54, 1.807) is 36.2 Å². The zero-order chi connectivity index (χ0) is 16.8. The maximum absolute atomic E-state index is 12.2. The van der Waals surface area contributed by atoms with Gasteiger partial charge in [0.15, 0.2) is 0 Å². The van der Waals surface area contributed by atoms with Gasteiger partial charge in [-0.05, 0) is 42.3 Å². The average molecular weight is 311 g/mol. The lowest BCUT2D eigenvalue weighted by molar-refractivity contribution is -0.114. The van der Waals surface area contributed by atoms with Gasteiger partial charge in [0.2, 0.25) is 5.91 Å². The normalized spacial score (nSPS) is 10.0. The summed E-state index contributed by atoms with van der Waals surface area (Å²) in [4.78, 5) is 24.8. The summed E-state index contributed by atoms with van der Waals surface area (Å²) in [5, 5.41) is 5.52. The monoisotopic (exact) mass is 311 g/mol. The molecule has 0 aromatic heterocycles. The highest BCUT2D eigenvalue weighted by Crippen LogP contribution is 2.15. The van der Waals surface area contributed by atoms with Gasteiger partial charge in [0.05, 0.1) is 0 Å². The molecule has 0 saturated heterocycles. The molecule has 0 bridgehead atoms. The van der Waals surface area contributed by atoms with Gasteiger partial charge in [0, 0.05) is 31.9 Å². The van der Waals surface area contributed by atoms with E-state index in [2.05, 4.69) is 10.6 Å². The van der Waals surface area contributed by atoms with E-state index >= 15 is 0 Å². The summed E-state index contributed by atoms with van der Waals surface area (Å²) in [6.07, 6.45) is 0. The number of carbonyl (C=O) groups is 2. The van der Waals surface area contributed by atoms with Crippen LogP contribution in [0.2, 0.25) is 0 Å². The van der Waals surface area contributed by atoms with E-state index in [4.69, 9.17) is 0 Å². The second-order valence-corrected chi connectivity index (χ2v) is 5.47. The van der Waals surface area contributed by atoms with E-state index in [-0.39, 0.29) is 11.9 Å². The number of hydrogen-bond donors (Lipinski definition) is 2. The lowest BCUT2D eigenvalue weighted by Crippen LogP contribution is -2.31. The predicted molar refractivity (Wildman–Crippen MR) is 92.4 cm³/mol. The van der Waals surface area contributed by atoms with Gasteiger partial charge in [-0.3, -0.25) is 4.79 Å². The van der Waals surface area contributed by atoms with Crippen LogP contribution in [-0.2, 0) is 11.3 Å². The Morgan fingerprint density at radius 1 is 0.957 bits per heavy atom. The molecule has 0 radical (unpaired) electrons. The first kappa shape index (κ1) is 16.5. The molecular weight excluding hydrogens is 290 g/mol. The molecule has 23 heavy (non-hydrogen) atoms. The second-order valence-electron chi connectivity index (χ2n) is 5.47. The fraction of sp³-hybridized carbons (Fsp3) is 0.222. The number of benzene rings is 2. The third-order valence-corrected chi connectivity index (χ3v) is 3.47. The summed E-state index contributed by atoms with van der Waals surface area (Å²) in [5.74, 6) is -0.125. The van der Waals surface area contributed by atoms with Crippen LogP contribution in [0.5, 0.6) is 0 Å². The molecule has 0 heterocycles. The Morgan fingerprint density at radius 3 is 2.09 bits per heavy atom. The van der Waals surface area contributed by atoms with Crippen molar-refractivity contribution in [3.8, 4) is 0 Å². The zero-order valence-corrected chi connectivity index (χ0v) is 13.6. The molecule has 2 N–H and O–H groups in total. The number of hydrogen-bond acceptors (Lipinski definition) is 2. The molecule has 120 valence electrons. The van der Waals surface area contributed by atoms with E-state index in [9.17, 15) is 9.59 Å². The highest BCUT2D eigenvalue weighted by atomic mass is 16.2. The largest absolute Gasteiger partial charge is 0.326 e. The van der Waals surface area contributed by atoms with E-state index in [1.165, 1.54) is 6.92 Å². The van der Waals surface area contributed by atoms with E-state index in [1.807, 2.05) is 31.2 Å². The Morgan fingerprint density at radius 2 is 1.52 bits per heavy atom. The van der Waals surface area contributed by atoms with Crippen LogP contribution in [0.3, 0.4) is 0 Å². The maximum atomic E-state index is 12.2. The molecule has 0 unspecified atom stereocenters. The minimum Gasteiger partial charge on any atom is -0.326 e. The molecular formula is C18H21N3O2. The number of carbonyl (C=O) groups excluding carboxylic acids is 2. The van der Waals surface area contributed by atoms with Gasteiger partial charge in [-0.15, -0.1) is 0 Å². The molecule has 0 aliphatic heterocycles. The highest BCUT2D eigenvalue weighted by molar-refractivity contribution is 5.91. The van der Waals surface area contributed by atoms with Crippen molar-refractivity contribution in [2.24, 2.45) is 0 Å². The highest BCUT2D eigenvalue weighted by Gasteiger charge is 2.10. The first-order valence-electron chi connectivity index (χ1n) is 7.40. The summed E-state index contributed by atoms with van der Waals surface area (Å²) in [5.41, 5.74) is 3.66. The molecule has 0 fully saturated rings. The molecule has 0 atom stereocenters. The lowest BCUT2D eigenvalue weighted by atomic mass is 10.1. The number of aryl methyl sites for hydroxylation is 1. The summed E-state index contributed by atoms with van der Waals surface area (Å²) < 4.78 is 0. The summed E-state index contributed by atoms with van der Waals surface area (Å²) >= 11 is 0. The Kier molecular flexibility index (Phi) is 5.36. The van der Waals surface area contributed by atoms with Gasteiger partial charge in [-0.2, -0.15) is 0 Å². The van der Waals surface area contributed by atoms with Crippen LogP contribution in [0.25, 0.3) is 0 Å². The summed E-state index contributed by atoms with van der Waals surface area (Å²) in [6.45, 7) is 4.03. The average Bonchev–Trinajstić information content (AvgIpc) is 2.51. The quantitative estimate of drug-likeness (QED) is 0.906. The standard InChI is InChI=1S/C18H21N3O2/c1-13-6-4-5-7-15(13)12-21(3)18(23)20-17-10-8-16(9-11-17)19-14(2)22/h4-11H,12H2,1-3H3,(H,19,22)(H,20,23). The summed E-state index contributed by atoms with van der Waals surface area (Å²) in [6, 6.07) is 14.8. The van der Waals surface area contributed by atoms with E-state index < -0.39 is 0 Å². The molecule has 0 saturated carbocycles. The van der Waals surface area contributed by atoms with Crippen LogP contribution in [0, 0.1) is 6.92 Å². The Hall–Kier alpha value is -2.82. The number of anilines is 2. The van der Waals surface area contributed by atoms with Crippen molar-refractivity contribution >= 4 is 23.3 Å². The third-order valence-electron chi connectivity index (χ3n) is 3.47. The van der Waals surface area contributed by atoms with Crippen molar-refractivity contribution in [1.29, 1.82) is 0 Å². The van der Waals surface area contributed by atoms with Crippen molar-refractivity contribution in [1.82, 2.24) is 4.90 Å². The van der Waals surface area contributed by atoms with Gasteiger partial charge >= 0.3 is 6.03 Å². The fourth-order valence-corrected chi connectivity index (χ4v) is 2.17. The van der Waals surface area contributed by atoms with Gasteiger partial charge in [-0.1, -0.05) is 24.3 Å². The topological polar surface area (TPSA) is 61.4 Å². The molecule has 3 amide bonds. The molecule has 2 aromatic carbocycles. The molecule has 2 rings (SSSR count). The van der Waals surface area contributed by atoms with E-state index in [0.29, 0.717) is 17.9 Å². The van der Waals surface area contributed by atoms with Crippen LogP contribution in [0.15, 0.2) is 48.5 Å². The summed E-state index contributed by atoms with van der Waals surface area (Å²) in [7, 11) is 1.76. The minimum atomic E-state index is -0.180. The Labute approximate surface area is 136 Å². The molecule has 5 heteroatoms. The minimum absolute atomic E-state index is 0.125. The van der Waals surface area contributed by atoms with Gasteiger partial charge in [0.25, 0.3) is 0 Å². The number of urea groups is 1. The first-order valence-corrected chi connectivity index (χ1v) is 7.40. The number of nitrogens with one attached hydrogen (secondary N) is 2. The van der Waals surface area contributed by atoms with Crippen molar-refractivity contribution in [3.63, 3.8) is 0 Å². The molecule has 2 aromatic rings. The fourth-order valence-electron chi connectivity index (χ4n) is 2.17. The van der Waals surface area contributed by atoms with Crippen molar-refractivity contribution in [2.45, 2.75) is 20.4 Å². The third kappa shape index (κ3) is 4.85. The second kappa shape index (κ2) is 7.45. The van der Waals surface area contributed by atoms with Crippen LogP contribution >= 0.6 is 0 Å². The maximum Gasteiger partial charge on any atom is 0.321 e. The van der Waals surface area contributed by atoms with Gasteiger partial charge in [-0.25, -0.2) is 4.79 Å². The van der Waals surface area contributed by atoms with Gasteiger partial charge < -0.3 is 15.5 Å². The molecule has 0 aliphatic rings. The molecule has 0 aliphatic carbocycles. The Bertz CT molecular complexity index is 696. The van der Waals surface area contributed by atoms with Crippen molar-refractivity contribution in [2.75, 3.05) is 17.7 Å². The van der Waals surface area contributed by atoms with Crippen LogP contribution in [0.1, 0.15) is 18.1 Å². The molecule has 0 spiro atoms. The molecule has 5 nitrogen and oxygen atoms in total. The van der Waals surface area contributed by atoms with Crippen LogP contribution in [0.4, 0.5) is 16.2 Å². The lowest BCUT2D eigenvalue weighted by Gasteiger charge is -2.19. The number of nitrogens with zero attached hydrogens (tertiary/aromatic N) is 1. The number of rotatable bonds is 4. The van der Waals surface area contributed by atoms with Crippen LogP contribution < -0.4 is 10.6 Å². The van der Waals surface area contributed by atoms with Gasteiger partial charge in [0.1, 0.15) is 0 Å². The van der Waals surface area contributed by atoms with Crippen molar-refractivity contribution in [3.05, 3.63) is 59.7 Å². The smallest absolute Gasteiger partial charge is 0.321 e. The predicted octanol–water partition coefficient (Wildman–Crippen LogP) is 3.62.